The number of thiazole rings is 1. The van der Waals surface area contributed by atoms with Gasteiger partial charge in [0.25, 0.3) is 0 Å². The Hall–Kier alpha value is -1.76. The van der Waals surface area contributed by atoms with Gasteiger partial charge in [0, 0.05) is 31.2 Å². The van der Waals surface area contributed by atoms with Crippen molar-refractivity contribution in [3.05, 3.63) is 52.5 Å². The number of ether oxygens (including phenoxy) is 1. The Bertz CT molecular complexity index is 633. The average molecular weight is 345 g/mol. The van der Waals surface area contributed by atoms with E-state index in [1.54, 1.807) is 17.5 Å². The van der Waals surface area contributed by atoms with Crippen LogP contribution in [0.2, 0.25) is 0 Å². The third kappa shape index (κ3) is 4.87. The Kier molecular flexibility index (Phi) is 5.96. The van der Waals surface area contributed by atoms with E-state index in [0.717, 1.165) is 24.6 Å². The van der Waals surface area contributed by atoms with E-state index >= 15 is 0 Å². The lowest BCUT2D eigenvalue weighted by molar-refractivity contribution is -0.126. The van der Waals surface area contributed by atoms with E-state index in [9.17, 15) is 4.79 Å². The zero-order chi connectivity index (χ0) is 16.8. The lowest BCUT2D eigenvalue weighted by Gasteiger charge is -2.32. The van der Waals surface area contributed by atoms with Gasteiger partial charge in [-0.2, -0.15) is 0 Å². The summed E-state index contributed by atoms with van der Waals surface area (Å²) < 4.78 is 5.77. The minimum absolute atomic E-state index is 0.0178. The zero-order valence-electron chi connectivity index (χ0n) is 13.9. The van der Waals surface area contributed by atoms with E-state index in [2.05, 4.69) is 39.5 Å². The monoisotopic (exact) mass is 345 g/mol. The van der Waals surface area contributed by atoms with Crippen molar-refractivity contribution in [3.63, 3.8) is 0 Å². The second kappa shape index (κ2) is 8.37. The Balaban J connectivity index is 1.47. The van der Waals surface area contributed by atoms with Crippen LogP contribution in [0, 0.1) is 0 Å². The first-order chi connectivity index (χ1) is 11.7. The summed E-state index contributed by atoms with van der Waals surface area (Å²) in [6.45, 7) is 5.22. The molecule has 1 N–H and O–H groups in total. The van der Waals surface area contributed by atoms with Crippen LogP contribution in [0.3, 0.4) is 0 Å². The molecule has 1 aliphatic heterocycles. The molecule has 2 heterocycles. The van der Waals surface area contributed by atoms with Gasteiger partial charge in [-0.25, -0.2) is 4.98 Å². The molecular formula is C18H23N3O2S. The fourth-order valence-electron chi connectivity index (χ4n) is 2.91. The van der Waals surface area contributed by atoms with Crippen LogP contribution >= 0.6 is 11.3 Å². The van der Waals surface area contributed by atoms with Gasteiger partial charge in [-0.15, -0.1) is 11.3 Å². The molecule has 5 nitrogen and oxygen atoms in total. The first-order valence-corrected chi connectivity index (χ1v) is 9.15. The first-order valence-electron chi connectivity index (χ1n) is 8.27. The predicted molar refractivity (Wildman–Crippen MR) is 94.7 cm³/mol. The van der Waals surface area contributed by atoms with Crippen molar-refractivity contribution < 1.29 is 9.53 Å². The third-order valence-corrected chi connectivity index (χ3v) is 5.04. The van der Waals surface area contributed by atoms with E-state index in [0.29, 0.717) is 13.0 Å². The van der Waals surface area contributed by atoms with Gasteiger partial charge in [0.15, 0.2) is 0 Å². The SMILES string of the molecule is C[C@@H](NC(=O)C[C@H]1CN(Cc2ccccc2)CCO1)c1nccs1. The van der Waals surface area contributed by atoms with Gasteiger partial charge in [0.1, 0.15) is 5.01 Å². The summed E-state index contributed by atoms with van der Waals surface area (Å²) in [7, 11) is 0. The predicted octanol–water partition coefficient (Wildman–Crippen LogP) is 2.61. The quantitative estimate of drug-likeness (QED) is 0.874. The van der Waals surface area contributed by atoms with Crippen LogP contribution in [0.4, 0.5) is 0 Å². The molecule has 0 radical (unpaired) electrons. The molecule has 0 bridgehead atoms. The number of carbonyl (C=O) groups excluding carboxylic acids is 1. The maximum absolute atomic E-state index is 12.2. The molecule has 0 aliphatic carbocycles. The van der Waals surface area contributed by atoms with Crippen LogP contribution in [-0.2, 0) is 16.1 Å². The van der Waals surface area contributed by atoms with Gasteiger partial charge in [-0.1, -0.05) is 30.3 Å². The van der Waals surface area contributed by atoms with Gasteiger partial charge in [-0.3, -0.25) is 9.69 Å². The second-order valence-corrected chi connectivity index (χ2v) is 7.00. The minimum Gasteiger partial charge on any atom is -0.375 e. The number of aromatic nitrogens is 1. The molecule has 0 spiro atoms. The van der Waals surface area contributed by atoms with Crippen LogP contribution in [0.25, 0.3) is 0 Å². The van der Waals surface area contributed by atoms with E-state index < -0.39 is 0 Å². The van der Waals surface area contributed by atoms with Crippen molar-refractivity contribution in [2.75, 3.05) is 19.7 Å². The molecule has 1 amide bonds. The van der Waals surface area contributed by atoms with Gasteiger partial charge < -0.3 is 10.1 Å². The van der Waals surface area contributed by atoms with Crippen molar-refractivity contribution in [2.45, 2.75) is 32.0 Å². The number of nitrogens with one attached hydrogen (secondary N) is 1. The fourth-order valence-corrected chi connectivity index (χ4v) is 3.55. The Morgan fingerprint density at radius 1 is 1.46 bits per heavy atom. The molecule has 1 fully saturated rings. The molecule has 1 aromatic carbocycles. The average Bonchev–Trinajstić information content (AvgIpc) is 3.10. The number of benzene rings is 1. The highest BCUT2D eigenvalue weighted by Crippen LogP contribution is 2.16. The Morgan fingerprint density at radius 2 is 2.29 bits per heavy atom. The van der Waals surface area contributed by atoms with Gasteiger partial charge >= 0.3 is 0 Å². The molecule has 1 aromatic heterocycles. The molecule has 128 valence electrons. The van der Waals surface area contributed by atoms with Gasteiger partial charge in [0.05, 0.1) is 25.2 Å². The van der Waals surface area contributed by atoms with Crippen LogP contribution in [-0.4, -0.2) is 41.6 Å². The Labute approximate surface area is 146 Å². The van der Waals surface area contributed by atoms with Crippen LogP contribution in [0.15, 0.2) is 41.9 Å². The molecule has 1 aliphatic rings. The van der Waals surface area contributed by atoms with E-state index in [1.165, 1.54) is 5.56 Å². The number of carbonyl (C=O) groups is 1. The molecule has 1 saturated heterocycles. The van der Waals surface area contributed by atoms with Crippen LogP contribution in [0.5, 0.6) is 0 Å². The summed E-state index contributed by atoms with van der Waals surface area (Å²) in [4.78, 5) is 18.8. The maximum atomic E-state index is 12.2. The summed E-state index contributed by atoms with van der Waals surface area (Å²) in [6, 6.07) is 10.3. The van der Waals surface area contributed by atoms with Crippen molar-refractivity contribution in [2.24, 2.45) is 0 Å². The summed E-state index contributed by atoms with van der Waals surface area (Å²) in [5.74, 6) is 0.0178. The second-order valence-electron chi connectivity index (χ2n) is 6.08. The fraction of sp³-hybridized carbons (Fsp3) is 0.444. The highest BCUT2D eigenvalue weighted by Gasteiger charge is 2.23. The lowest BCUT2D eigenvalue weighted by atomic mass is 10.1. The number of nitrogens with zero attached hydrogens (tertiary/aromatic N) is 2. The Morgan fingerprint density at radius 3 is 3.04 bits per heavy atom. The largest absolute Gasteiger partial charge is 0.375 e. The summed E-state index contributed by atoms with van der Waals surface area (Å²) in [6.07, 6.45) is 2.10. The van der Waals surface area contributed by atoms with Crippen molar-refractivity contribution in [3.8, 4) is 0 Å². The van der Waals surface area contributed by atoms with Crippen LogP contribution < -0.4 is 5.32 Å². The summed E-state index contributed by atoms with van der Waals surface area (Å²) >= 11 is 1.56. The third-order valence-electron chi connectivity index (χ3n) is 4.08. The van der Waals surface area contributed by atoms with Crippen molar-refractivity contribution in [1.29, 1.82) is 0 Å². The molecule has 0 unspecified atom stereocenters. The molecule has 2 atom stereocenters. The maximum Gasteiger partial charge on any atom is 0.223 e. The van der Waals surface area contributed by atoms with E-state index in [-0.39, 0.29) is 18.1 Å². The summed E-state index contributed by atoms with van der Waals surface area (Å²) in [5.41, 5.74) is 1.29. The molecule has 6 heteroatoms. The molecule has 3 rings (SSSR count). The van der Waals surface area contributed by atoms with Crippen molar-refractivity contribution >= 4 is 17.2 Å². The highest BCUT2D eigenvalue weighted by atomic mass is 32.1. The standard InChI is InChI=1S/C18H23N3O2S/c1-14(18-19-7-10-24-18)20-17(22)11-16-13-21(8-9-23-16)12-15-5-3-2-4-6-15/h2-7,10,14,16H,8-9,11-13H2,1H3,(H,20,22)/t14-,16+/m1/s1. The number of hydrogen-bond donors (Lipinski definition) is 1. The topological polar surface area (TPSA) is 54.5 Å². The van der Waals surface area contributed by atoms with E-state index in [1.807, 2.05) is 18.4 Å². The highest BCUT2D eigenvalue weighted by molar-refractivity contribution is 7.09. The molecular weight excluding hydrogens is 322 g/mol. The molecule has 2 aromatic rings. The number of rotatable bonds is 6. The number of hydrogen-bond acceptors (Lipinski definition) is 5. The number of amides is 1. The van der Waals surface area contributed by atoms with Crippen molar-refractivity contribution in [1.82, 2.24) is 15.2 Å². The lowest BCUT2D eigenvalue weighted by Crippen LogP contribution is -2.44. The minimum atomic E-state index is -0.0542. The molecule has 0 saturated carbocycles. The smallest absolute Gasteiger partial charge is 0.223 e. The molecule has 24 heavy (non-hydrogen) atoms. The van der Waals surface area contributed by atoms with Crippen LogP contribution in [0.1, 0.15) is 30.0 Å². The first kappa shape index (κ1) is 17.1. The van der Waals surface area contributed by atoms with Gasteiger partial charge in [0.2, 0.25) is 5.91 Å². The van der Waals surface area contributed by atoms with Gasteiger partial charge in [-0.05, 0) is 12.5 Å². The summed E-state index contributed by atoms with van der Waals surface area (Å²) in [5, 5.41) is 5.85. The number of morpholine rings is 1. The normalized spacial score (nSPS) is 19.8. The zero-order valence-corrected chi connectivity index (χ0v) is 14.7. The van der Waals surface area contributed by atoms with E-state index in [4.69, 9.17) is 4.74 Å².